The Labute approximate surface area is 98.2 Å². The number of carbonyl (C=O) groups excluding carboxylic acids is 2. The summed E-state index contributed by atoms with van der Waals surface area (Å²) in [7, 11) is 0. The molecule has 1 aromatic carbocycles. The molecule has 5 nitrogen and oxygen atoms in total. The van der Waals surface area contributed by atoms with Crippen molar-refractivity contribution in [1.29, 1.82) is 0 Å². The summed E-state index contributed by atoms with van der Waals surface area (Å²) in [5.74, 6) is 0.833. The van der Waals surface area contributed by atoms with Gasteiger partial charge in [0, 0.05) is 17.3 Å². The number of ether oxygens (including phenoxy) is 1. The molecule has 0 radical (unpaired) electrons. The predicted molar refractivity (Wildman–Crippen MR) is 62.3 cm³/mol. The first-order valence-electron chi connectivity index (χ1n) is 4.99. The second-order valence-corrected chi connectivity index (χ2v) is 3.10. The van der Waals surface area contributed by atoms with Gasteiger partial charge in [-0.3, -0.25) is 4.98 Å². The molecule has 2 rings (SSSR count). The molecular weight excluding hydrogens is 220 g/mol. The average molecular weight is 232 g/mol. The van der Waals surface area contributed by atoms with E-state index in [2.05, 4.69) is 4.98 Å². The molecule has 2 aromatic rings. The summed E-state index contributed by atoms with van der Waals surface area (Å²) in [6.07, 6.45) is 1.96. The van der Waals surface area contributed by atoms with Gasteiger partial charge in [0.1, 0.15) is 5.75 Å². The van der Waals surface area contributed by atoms with Crippen LogP contribution in [0.4, 0.5) is 5.69 Å². The number of fused-ring (bicyclic) bond motifs is 1. The van der Waals surface area contributed by atoms with E-state index in [1.54, 1.807) is 12.3 Å². The highest BCUT2D eigenvalue weighted by Crippen LogP contribution is 2.23. The zero-order valence-corrected chi connectivity index (χ0v) is 9.34. The molecule has 0 aliphatic carbocycles. The van der Waals surface area contributed by atoms with Gasteiger partial charge >= 0.3 is 6.15 Å². The second kappa shape index (κ2) is 6.25. The van der Waals surface area contributed by atoms with Crippen LogP contribution in [0.1, 0.15) is 6.92 Å². The number of nitrogens with two attached hydrogens (primary N) is 1. The highest BCUT2D eigenvalue weighted by Gasteiger charge is 2.00. The first-order valence-corrected chi connectivity index (χ1v) is 4.99. The van der Waals surface area contributed by atoms with Gasteiger partial charge in [-0.15, -0.1) is 0 Å². The molecule has 0 fully saturated rings. The number of benzene rings is 1. The van der Waals surface area contributed by atoms with Gasteiger partial charge in [0.2, 0.25) is 0 Å². The topological polar surface area (TPSA) is 82.3 Å². The minimum Gasteiger partial charge on any atom is -0.494 e. The molecule has 2 N–H and O–H groups in total. The van der Waals surface area contributed by atoms with Gasteiger partial charge in [-0.1, -0.05) is 0 Å². The fourth-order valence-electron chi connectivity index (χ4n) is 1.40. The van der Waals surface area contributed by atoms with Gasteiger partial charge in [0.05, 0.1) is 12.1 Å². The molecule has 0 amide bonds. The van der Waals surface area contributed by atoms with Crippen molar-refractivity contribution in [3.63, 3.8) is 0 Å². The van der Waals surface area contributed by atoms with Gasteiger partial charge in [-0.05, 0) is 31.2 Å². The monoisotopic (exact) mass is 232 g/mol. The van der Waals surface area contributed by atoms with E-state index in [1.165, 1.54) is 0 Å². The number of rotatable bonds is 2. The Bertz CT molecular complexity index is 534. The lowest BCUT2D eigenvalue weighted by molar-refractivity contribution is -0.191. The number of hydrogen-bond donors (Lipinski definition) is 1. The molecule has 0 aliphatic rings. The van der Waals surface area contributed by atoms with E-state index in [-0.39, 0.29) is 6.15 Å². The van der Waals surface area contributed by atoms with Crippen LogP contribution < -0.4 is 10.5 Å². The van der Waals surface area contributed by atoms with Crippen LogP contribution in [-0.2, 0) is 9.59 Å². The molecule has 5 heteroatoms. The quantitative estimate of drug-likeness (QED) is 0.850. The number of nitrogens with zero attached hydrogens (tertiary/aromatic N) is 1. The first kappa shape index (κ1) is 12.7. The van der Waals surface area contributed by atoms with Crippen molar-refractivity contribution in [2.24, 2.45) is 0 Å². The lowest BCUT2D eigenvalue weighted by atomic mass is 10.2. The van der Waals surface area contributed by atoms with Crippen LogP contribution in [0, 0.1) is 0 Å². The normalized spacial score (nSPS) is 9.00. The smallest absolute Gasteiger partial charge is 0.373 e. The summed E-state index contributed by atoms with van der Waals surface area (Å²) in [6.45, 7) is 2.61. The van der Waals surface area contributed by atoms with Crippen molar-refractivity contribution >= 4 is 22.7 Å². The lowest BCUT2D eigenvalue weighted by Gasteiger charge is -2.05. The zero-order valence-electron chi connectivity index (χ0n) is 9.34. The zero-order chi connectivity index (χ0) is 12.7. The van der Waals surface area contributed by atoms with Crippen LogP contribution in [0.25, 0.3) is 10.9 Å². The van der Waals surface area contributed by atoms with E-state index in [1.807, 2.05) is 25.1 Å². The Kier molecular flexibility index (Phi) is 4.66. The van der Waals surface area contributed by atoms with E-state index >= 15 is 0 Å². The molecule has 1 aromatic heterocycles. The maximum absolute atomic E-state index is 8.12. The van der Waals surface area contributed by atoms with Crippen molar-refractivity contribution in [2.75, 3.05) is 12.3 Å². The summed E-state index contributed by atoms with van der Waals surface area (Å²) in [6, 6.07) is 7.52. The number of pyridine rings is 1. The lowest BCUT2D eigenvalue weighted by Crippen LogP contribution is -1.93. The molecule has 0 unspecified atom stereocenters. The van der Waals surface area contributed by atoms with Crippen molar-refractivity contribution in [2.45, 2.75) is 6.92 Å². The van der Waals surface area contributed by atoms with Crippen LogP contribution in [0.3, 0.4) is 0 Å². The minimum atomic E-state index is 0.250. The van der Waals surface area contributed by atoms with Crippen LogP contribution in [0.5, 0.6) is 5.75 Å². The van der Waals surface area contributed by atoms with Gasteiger partial charge < -0.3 is 10.5 Å². The Morgan fingerprint density at radius 2 is 2.06 bits per heavy atom. The third-order valence-electron chi connectivity index (χ3n) is 2.06. The summed E-state index contributed by atoms with van der Waals surface area (Å²) < 4.78 is 5.39. The number of anilines is 1. The first-order chi connectivity index (χ1) is 8.22. The molecule has 0 saturated heterocycles. The summed E-state index contributed by atoms with van der Waals surface area (Å²) in [4.78, 5) is 20.5. The van der Waals surface area contributed by atoms with Gasteiger partial charge in [-0.2, -0.15) is 9.59 Å². The highest BCUT2D eigenvalue weighted by molar-refractivity contribution is 5.90. The fourth-order valence-corrected chi connectivity index (χ4v) is 1.40. The third-order valence-corrected chi connectivity index (χ3v) is 2.06. The number of nitrogen functional groups attached to an aromatic ring is 1. The molecule has 0 spiro atoms. The second-order valence-electron chi connectivity index (χ2n) is 3.10. The van der Waals surface area contributed by atoms with Crippen LogP contribution in [-0.4, -0.2) is 17.7 Å². The Morgan fingerprint density at radius 1 is 1.35 bits per heavy atom. The summed E-state index contributed by atoms with van der Waals surface area (Å²) in [5, 5.41) is 0.943. The van der Waals surface area contributed by atoms with Crippen molar-refractivity contribution < 1.29 is 14.3 Å². The summed E-state index contributed by atoms with van der Waals surface area (Å²) in [5.41, 5.74) is 7.46. The molecule has 88 valence electrons. The van der Waals surface area contributed by atoms with Crippen LogP contribution >= 0.6 is 0 Å². The Morgan fingerprint density at radius 3 is 2.71 bits per heavy atom. The number of hydrogen-bond acceptors (Lipinski definition) is 5. The largest absolute Gasteiger partial charge is 0.494 e. The molecule has 0 atom stereocenters. The minimum absolute atomic E-state index is 0.250. The standard InChI is InChI=1S/C11H12N2O.CO2/c1-2-14-8-3-4-11-9(7-8)10(12)5-6-13-11;2-1-3/h3-7H,2H2,1H3,(H2,12,13);. The third kappa shape index (κ3) is 3.29. The molecule has 0 aliphatic heterocycles. The Hall–Kier alpha value is -2.39. The van der Waals surface area contributed by atoms with E-state index in [0.29, 0.717) is 6.61 Å². The highest BCUT2D eigenvalue weighted by atomic mass is 16.5. The van der Waals surface area contributed by atoms with Gasteiger partial charge in [0.15, 0.2) is 0 Å². The molecule has 0 bridgehead atoms. The van der Waals surface area contributed by atoms with E-state index in [0.717, 1.165) is 22.3 Å². The number of aromatic nitrogens is 1. The Balaban J connectivity index is 0.000000437. The fraction of sp³-hybridized carbons (Fsp3) is 0.167. The van der Waals surface area contributed by atoms with Crippen LogP contribution in [0.2, 0.25) is 0 Å². The predicted octanol–water partition coefficient (Wildman–Crippen LogP) is 1.63. The van der Waals surface area contributed by atoms with E-state index < -0.39 is 0 Å². The molecule has 0 saturated carbocycles. The molecular formula is C12H12N2O3. The molecule has 17 heavy (non-hydrogen) atoms. The van der Waals surface area contributed by atoms with E-state index in [4.69, 9.17) is 20.1 Å². The maximum atomic E-state index is 8.12. The maximum Gasteiger partial charge on any atom is 0.373 e. The van der Waals surface area contributed by atoms with Gasteiger partial charge in [0.25, 0.3) is 0 Å². The summed E-state index contributed by atoms with van der Waals surface area (Å²) >= 11 is 0. The van der Waals surface area contributed by atoms with Crippen molar-refractivity contribution in [3.8, 4) is 5.75 Å². The average Bonchev–Trinajstić information content (AvgIpc) is 2.32. The van der Waals surface area contributed by atoms with Crippen molar-refractivity contribution in [3.05, 3.63) is 30.5 Å². The van der Waals surface area contributed by atoms with E-state index in [9.17, 15) is 0 Å². The van der Waals surface area contributed by atoms with Gasteiger partial charge in [-0.25, -0.2) is 0 Å². The SMILES string of the molecule is CCOc1ccc2nccc(N)c2c1.O=C=O. The van der Waals surface area contributed by atoms with Crippen LogP contribution in [0.15, 0.2) is 30.5 Å². The molecule has 1 heterocycles. The van der Waals surface area contributed by atoms with Crippen molar-refractivity contribution in [1.82, 2.24) is 4.98 Å².